The van der Waals surface area contributed by atoms with Crippen LogP contribution in [0.25, 0.3) is 0 Å². The Morgan fingerprint density at radius 2 is 2.22 bits per heavy atom. The Hall–Kier alpha value is -1.62. The van der Waals surface area contributed by atoms with E-state index in [0.29, 0.717) is 23.2 Å². The molecule has 2 rings (SSSR count). The number of hydrogen-bond acceptors (Lipinski definition) is 3. The van der Waals surface area contributed by atoms with Crippen LogP contribution in [-0.4, -0.2) is 29.4 Å². The van der Waals surface area contributed by atoms with Crippen LogP contribution in [0.15, 0.2) is 18.5 Å². The highest BCUT2D eigenvalue weighted by atomic mass is 35.5. The van der Waals surface area contributed by atoms with Gasteiger partial charge in [-0.2, -0.15) is 0 Å². The highest BCUT2D eigenvalue weighted by Gasteiger charge is 2.22. The van der Waals surface area contributed by atoms with Crippen molar-refractivity contribution < 1.29 is 9.59 Å². The molecule has 1 heterocycles. The molecule has 0 aliphatic heterocycles. The van der Waals surface area contributed by atoms with E-state index in [1.54, 1.807) is 6.07 Å². The molecule has 0 saturated heterocycles. The number of rotatable bonds is 5. The molecule has 0 aromatic carbocycles. The fourth-order valence-electron chi connectivity index (χ4n) is 1.46. The van der Waals surface area contributed by atoms with E-state index in [0.717, 1.165) is 12.8 Å². The lowest BCUT2D eigenvalue weighted by Gasteiger charge is -2.06. The van der Waals surface area contributed by atoms with Crippen LogP contribution in [0.4, 0.5) is 0 Å². The number of halogens is 1. The lowest BCUT2D eigenvalue weighted by molar-refractivity contribution is -0.121. The van der Waals surface area contributed by atoms with Gasteiger partial charge in [-0.05, 0) is 18.9 Å². The van der Waals surface area contributed by atoms with Crippen LogP contribution in [0, 0.1) is 0 Å². The molecule has 1 saturated carbocycles. The highest BCUT2D eigenvalue weighted by Crippen LogP contribution is 2.18. The molecule has 96 valence electrons. The standard InChI is InChI=1S/C12H14ClN3O2/c13-10-3-5-14-7-9(10)12(18)15-6-4-11(17)16-8-1-2-8/h3,5,7-8H,1-2,4,6H2,(H,15,18)(H,16,17). The predicted octanol–water partition coefficient (Wildman–Crippen LogP) is 1.13. The van der Waals surface area contributed by atoms with E-state index in [9.17, 15) is 9.59 Å². The van der Waals surface area contributed by atoms with Gasteiger partial charge in [0.15, 0.2) is 0 Å². The summed E-state index contributed by atoms with van der Waals surface area (Å²) >= 11 is 5.86. The van der Waals surface area contributed by atoms with Gasteiger partial charge >= 0.3 is 0 Å². The van der Waals surface area contributed by atoms with Crippen LogP contribution in [0.2, 0.25) is 5.02 Å². The first-order chi connectivity index (χ1) is 8.66. The average Bonchev–Trinajstić information content (AvgIpc) is 3.13. The Labute approximate surface area is 110 Å². The second-order valence-corrected chi connectivity index (χ2v) is 4.61. The van der Waals surface area contributed by atoms with E-state index in [-0.39, 0.29) is 18.2 Å². The second kappa shape index (κ2) is 5.82. The van der Waals surface area contributed by atoms with Gasteiger partial charge in [0.2, 0.25) is 5.91 Å². The number of hydrogen-bond donors (Lipinski definition) is 2. The summed E-state index contributed by atoms with van der Waals surface area (Å²) in [6, 6.07) is 1.90. The van der Waals surface area contributed by atoms with Gasteiger partial charge in [0.1, 0.15) is 0 Å². The van der Waals surface area contributed by atoms with E-state index in [4.69, 9.17) is 11.6 Å². The summed E-state index contributed by atoms with van der Waals surface area (Å²) in [6.45, 7) is 0.294. The van der Waals surface area contributed by atoms with E-state index < -0.39 is 0 Å². The van der Waals surface area contributed by atoms with E-state index in [1.165, 1.54) is 12.4 Å². The summed E-state index contributed by atoms with van der Waals surface area (Å²) < 4.78 is 0. The fraction of sp³-hybridized carbons (Fsp3) is 0.417. The molecular weight excluding hydrogens is 254 g/mol. The molecule has 1 aromatic rings. The molecule has 5 nitrogen and oxygen atoms in total. The zero-order valence-electron chi connectivity index (χ0n) is 9.78. The molecule has 2 N–H and O–H groups in total. The Morgan fingerprint density at radius 1 is 1.44 bits per heavy atom. The lowest BCUT2D eigenvalue weighted by Crippen LogP contribution is -2.31. The molecule has 1 fully saturated rings. The Balaban J connectivity index is 1.74. The number of carbonyl (C=O) groups is 2. The third kappa shape index (κ3) is 3.70. The van der Waals surface area contributed by atoms with Gasteiger partial charge in [-0.1, -0.05) is 11.6 Å². The van der Waals surface area contributed by atoms with Crippen LogP contribution < -0.4 is 10.6 Å². The van der Waals surface area contributed by atoms with Crippen molar-refractivity contribution in [2.24, 2.45) is 0 Å². The first kappa shape index (κ1) is 12.8. The summed E-state index contributed by atoms with van der Waals surface area (Å²) in [5, 5.41) is 5.84. The van der Waals surface area contributed by atoms with Gasteiger partial charge in [0, 0.05) is 31.4 Å². The number of nitrogens with zero attached hydrogens (tertiary/aromatic N) is 1. The maximum Gasteiger partial charge on any atom is 0.254 e. The minimum absolute atomic E-state index is 0.0323. The lowest BCUT2D eigenvalue weighted by atomic mass is 10.2. The minimum Gasteiger partial charge on any atom is -0.353 e. The van der Waals surface area contributed by atoms with Crippen molar-refractivity contribution in [1.82, 2.24) is 15.6 Å². The van der Waals surface area contributed by atoms with Crippen molar-refractivity contribution in [3.05, 3.63) is 29.0 Å². The number of aromatic nitrogens is 1. The highest BCUT2D eigenvalue weighted by molar-refractivity contribution is 6.33. The van der Waals surface area contributed by atoms with Crippen molar-refractivity contribution in [2.45, 2.75) is 25.3 Å². The molecule has 2 amide bonds. The zero-order chi connectivity index (χ0) is 13.0. The van der Waals surface area contributed by atoms with Gasteiger partial charge in [-0.25, -0.2) is 0 Å². The van der Waals surface area contributed by atoms with Gasteiger partial charge < -0.3 is 10.6 Å². The van der Waals surface area contributed by atoms with Crippen LogP contribution in [-0.2, 0) is 4.79 Å². The summed E-state index contributed by atoms with van der Waals surface area (Å²) in [4.78, 5) is 26.9. The monoisotopic (exact) mass is 267 g/mol. The van der Waals surface area contributed by atoms with Crippen molar-refractivity contribution in [1.29, 1.82) is 0 Å². The Bertz CT molecular complexity index is 460. The first-order valence-corrected chi connectivity index (χ1v) is 6.21. The summed E-state index contributed by atoms with van der Waals surface area (Å²) in [6.07, 6.45) is 5.32. The van der Waals surface area contributed by atoms with Gasteiger partial charge in [0.05, 0.1) is 10.6 Å². The van der Waals surface area contributed by atoms with Crippen LogP contribution in [0.3, 0.4) is 0 Å². The van der Waals surface area contributed by atoms with Gasteiger partial charge in [-0.3, -0.25) is 14.6 Å². The molecule has 0 bridgehead atoms. The molecule has 0 unspecified atom stereocenters. The zero-order valence-corrected chi connectivity index (χ0v) is 10.5. The van der Waals surface area contributed by atoms with Crippen molar-refractivity contribution in [3.63, 3.8) is 0 Å². The average molecular weight is 268 g/mol. The van der Waals surface area contributed by atoms with Crippen LogP contribution in [0.5, 0.6) is 0 Å². The third-order valence-corrected chi connectivity index (χ3v) is 2.92. The predicted molar refractivity (Wildman–Crippen MR) is 67.4 cm³/mol. The van der Waals surface area contributed by atoms with Crippen LogP contribution >= 0.6 is 11.6 Å². The quantitative estimate of drug-likeness (QED) is 0.840. The molecular formula is C12H14ClN3O2. The van der Waals surface area contributed by atoms with Crippen molar-refractivity contribution in [3.8, 4) is 0 Å². The van der Waals surface area contributed by atoms with Gasteiger partial charge in [-0.15, -0.1) is 0 Å². The van der Waals surface area contributed by atoms with Crippen molar-refractivity contribution in [2.75, 3.05) is 6.54 Å². The SMILES string of the molecule is O=C(CCNC(=O)c1cnccc1Cl)NC1CC1. The molecule has 18 heavy (non-hydrogen) atoms. The Morgan fingerprint density at radius 3 is 2.89 bits per heavy atom. The first-order valence-electron chi connectivity index (χ1n) is 5.84. The Kier molecular flexibility index (Phi) is 4.15. The minimum atomic E-state index is -0.313. The topological polar surface area (TPSA) is 71.1 Å². The summed E-state index contributed by atoms with van der Waals surface area (Å²) in [5.74, 6) is -0.345. The number of carbonyl (C=O) groups excluding carboxylic acids is 2. The summed E-state index contributed by atoms with van der Waals surface area (Å²) in [7, 11) is 0. The molecule has 0 radical (unpaired) electrons. The third-order valence-electron chi connectivity index (χ3n) is 2.59. The maximum atomic E-state index is 11.7. The van der Waals surface area contributed by atoms with E-state index >= 15 is 0 Å². The molecule has 1 aliphatic rings. The molecule has 1 aromatic heterocycles. The van der Waals surface area contributed by atoms with Crippen LogP contribution in [0.1, 0.15) is 29.6 Å². The molecule has 1 aliphatic carbocycles. The van der Waals surface area contributed by atoms with E-state index in [2.05, 4.69) is 15.6 Å². The normalized spacial score (nSPS) is 14.1. The molecule has 6 heteroatoms. The number of amides is 2. The number of pyridine rings is 1. The van der Waals surface area contributed by atoms with E-state index in [1.807, 2.05) is 0 Å². The maximum absolute atomic E-state index is 11.7. The smallest absolute Gasteiger partial charge is 0.254 e. The second-order valence-electron chi connectivity index (χ2n) is 4.20. The summed E-state index contributed by atoms with van der Waals surface area (Å²) in [5.41, 5.74) is 0.321. The number of nitrogens with one attached hydrogen (secondary N) is 2. The fourth-order valence-corrected chi connectivity index (χ4v) is 1.65. The van der Waals surface area contributed by atoms with Crippen molar-refractivity contribution >= 4 is 23.4 Å². The van der Waals surface area contributed by atoms with Gasteiger partial charge in [0.25, 0.3) is 5.91 Å². The molecule has 0 atom stereocenters. The largest absolute Gasteiger partial charge is 0.353 e. The molecule has 0 spiro atoms.